The van der Waals surface area contributed by atoms with Crippen LogP contribution in [0.3, 0.4) is 0 Å². The maximum absolute atomic E-state index is 14.5. The number of amidine groups is 1. The Balaban J connectivity index is 2.69. The van der Waals surface area contributed by atoms with Crippen LogP contribution in [0.5, 0.6) is 0 Å². The number of nitrogens with one attached hydrogen (secondary N) is 1. The number of benzene rings is 1. The number of hydrogen-bond acceptors (Lipinski definition) is 7. The second-order valence-electron chi connectivity index (χ2n) is 6.81. The summed E-state index contributed by atoms with van der Waals surface area (Å²) >= 11 is 0. The predicted molar refractivity (Wildman–Crippen MR) is 95.9 cm³/mol. The SMILES string of the molecule is COC(=O)NC1=NC(C)(c2cc(C(=O)OC)ccc2F)CS(=O)(=O)C1(C)C. The van der Waals surface area contributed by atoms with E-state index in [4.69, 9.17) is 0 Å². The van der Waals surface area contributed by atoms with E-state index in [-0.39, 0.29) is 17.0 Å². The number of methoxy groups -OCH3 is 2. The first-order valence-electron chi connectivity index (χ1n) is 7.94. The van der Waals surface area contributed by atoms with E-state index in [1.807, 2.05) is 0 Å². The Bertz CT molecular complexity index is 925. The van der Waals surface area contributed by atoms with Crippen LogP contribution in [0.2, 0.25) is 0 Å². The molecule has 148 valence electrons. The molecule has 0 bridgehead atoms. The number of amides is 1. The molecule has 1 atom stereocenters. The Morgan fingerprint density at radius 1 is 1.19 bits per heavy atom. The number of nitrogens with zero attached hydrogens (tertiary/aromatic N) is 1. The number of carbonyl (C=O) groups is 2. The van der Waals surface area contributed by atoms with Crippen LogP contribution in [0.15, 0.2) is 23.2 Å². The lowest BCUT2D eigenvalue weighted by molar-refractivity contribution is 0.0600. The third-order valence-corrected chi connectivity index (χ3v) is 7.24. The molecule has 1 unspecified atom stereocenters. The van der Waals surface area contributed by atoms with Crippen LogP contribution in [0, 0.1) is 5.82 Å². The monoisotopic (exact) mass is 400 g/mol. The zero-order chi connectivity index (χ0) is 20.6. The van der Waals surface area contributed by atoms with Crippen LogP contribution in [0.4, 0.5) is 9.18 Å². The fraction of sp³-hybridized carbons (Fsp3) is 0.471. The second-order valence-corrected chi connectivity index (χ2v) is 9.35. The minimum Gasteiger partial charge on any atom is -0.465 e. The Hall–Kier alpha value is -2.49. The van der Waals surface area contributed by atoms with Gasteiger partial charge in [0.05, 0.1) is 25.5 Å². The molecule has 1 N–H and O–H groups in total. The van der Waals surface area contributed by atoms with Gasteiger partial charge >= 0.3 is 12.1 Å². The number of aliphatic imine (C=N–C) groups is 1. The van der Waals surface area contributed by atoms with Crippen LogP contribution in [-0.2, 0) is 24.8 Å². The van der Waals surface area contributed by atoms with Crippen LogP contribution < -0.4 is 5.32 Å². The molecule has 0 saturated heterocycles. The third kappa shape index (κ3) is 3.66. The van der Waals surface area contributed by atoms with Gasteiger partial charge in [0.2, 0.25) is 0 Å². The van der Waals surface area contributed by atoms with Crippen LogP contribution in [0.1, 0.15) is 36.7 Å². The molecule has 0 spiro atoms. The zero-order valence-electron chi connectivity index (χ0n) is 15.6. The number of sulfone groups is 1. The van der Waals surface area contributed by atoms with Crippen LogP contribution >= 0.6 is 0 Å². The van der Waals surface area contributed by atoms with Gasteiger partial charge in [0.15, 0.2) is 9.84 Å². The number of halogens is 1. The molecule has 1 amide bonds. The van der Waals surface area contributed by atoms with Crippen molar-refractivity contribution < 1.29 is 31.9 Å². The van der Waals surface area contributed by atoms with Gasteiger partial charge in [0.25, 0.3) is 0 Å². The van der Waals surface area contributed by atoms with Crippen molar-refractivity contribution in [3.05, 3.63) is 35.1 Å². The first kappa shape index (κ1) is 20.8. The minimum absolute atomic E-state index is 0.0510. The predicted octanol–water partition coefficient (Wildman–Crippen LogP) is 1.79. The molecule has 0 fully saturated rings. The van der Waals surface area contributed by atoms with E-state index in [1.54, 1.807) is 0 Å². The normalized spacial score (nSPS) is 23.1. The number of hydrogen-bond donors (Lipinski definition) is 1. The Kier molecular flexibility index (Phi) is 5.33. The highest BCUT2D eigenvalue weighted by Gasteiger charge is 2.51. The highest BCUT2D eigenvalue weighted by molar-refractivity contribution is 7.93. The minimum atomic E-state index is -3.86. The summed E-state index contributed by atoms with van der Waals surface area (Å²) in [4.78, 5) is 27.7. The quantitative estimate of drug-likeness (QED) is 0.758. The van der Waals surface area contributed by atoms with E-state index in [0.29, 0.717) is 0 Å². The molecule has 0 aromatic heterocycles. The lowest BCUT2D eigenvalue weighted by atomic mass is 9.91. The molecule has 1 aromatic rings. The summed E-state index contributed by atoms with van der Waals surface area (Å²) in [6.45, 7) is 4.19. The van der Waals surface area contributed by atoms with Gasteiger partial charge < -0.3 is 9.47 Å². The molecular weight excluding hydrogens is 379 g/mol. The average molecular weight is 400 g/mol. The Labute approximate surface area is 156 Å². The molecular formula is C17H21FN2O6S. The summed E-state index contributed by atoms with van der Waals surface area (Å²) in [5, 5.41) is 2.30. The van der Waals surface area contributed by atoms with Crippen molar-refractivity contribution in [3.63, 3.8) is 0 Å². The zero-order valence-corrected chi connectivity index (χ0v) is 16.4. The van der Waals surface area contributed by atoms with E-state index in [1.165, 1.54) is 40.0 Å². The van der Waals surface area contributed by atoms with Crippen molar-refractivity contribution in [3.8, 4) is 0 Å². The summed E-state index contributed by atoms with van der Waals surface area (Å²) in [6.07, 6.45) is -0.898. The molecule has 0 aliphatic carbocycles. The summed E-state index contributed by atoms with van der Waals surface area (Å²) in [7, 11) is -1.56. The molecule has 10 heteroatoms. The van der Waals surface area contributed by atoms with E-state index in [9.17, 15) is 22.4 Å². The Morgan fingerprint density at radius 2 is 1.81 bits per heavy atom. The molecule has 0 radical (unpaired) electrons. The molecule has 1 aromatic carbocycles. The maximum Gasteiger partial charge on any atom is 0.412 e. The molecule has 1 aliphatic heterocycles. The summed E-state index contributed by atoms with van der Waals surface area (Å²) < 4.78 is 47.9. The topological polar surface area (TPSA) is 111 Å². The first-order valence-corrected chi connectivity index (χ1v) is 9.59. The number of carbonyl (C=O) groups excluding carboxylic acids is 2. The molecule has 2 rings (SSSR count). The standard InChI is InChI=1S/C17H21FN2O6S/c1-16(2)14(19-15(22)26-5)20-17(3,9-27(16,23)24)11-8-10(13(21)25-4)6-7-12(11)18/h6-8H,9H2,1-5H3,(H,19,20,22). The molecule has 8 nitrogen and oxygen atoms in total. The highest BCUT2D eigenvalue weighted by atomic mass is 32.2. The molecule has 27 heavy (non-hydrogen) atoms. The average Bonchev–Trinajstić information content (AvgIpc) is 2.58. The molecule has 1 aliphatic rings. The fourth-order valence-corrected chi connectivity index (χ4v) is 4.47. The summed E-state index contributed by atoms with van der Waals surface area (Å²) in [6, 6.07) is 3.48. The third-order valence-electron chi connectivity index (χ3n) is 4.55. The van der Waals surface area contributed by atoms with Crippen molar-refractivity contribution in [2.75, 3.05) is 20.0 Å². The maximum atomic E-state index is 14.5. The number of rotatable bonds is 2. The summed E-state index contributed by atoms with van der Waals surface area (Å²) in [5.74, 6) is -2.12. The largest absolute Gasteiger partial charge is 0.465 e. The van der Waals surface area contributed by atoms with Crippen LogP contribution in [-0.4, -0.2) is 51.0 Å². The lowest BCUT2D eigenvalue weighted by Gasteiger charge is -2.39. The van der Waals surface area contributed by atoms with Crippen molar-refractivity contribution in [2.45, 2.75) is 31.1 Å². The smallest absolute Gasteiger partial charge is 0.412 e. The number of alkyl carbamates (subject to hydrolysis) is 1. The van der Waals surface area contributed by atoms with Gasteiger partial charge in [-0.05, 0) is 39.0 Å². The number of ether oxygens (including phenoxy) is 2. The second kappa shape index (κ2) is 6.91. The van der Waals surface area contributed by atoms with Crippen molar-refractivity contribution in [1.82, 2.24) is 5.32 Å². The van der Waals surface area contributed by atoms with E-state index in [2.05, 4.69) is 19.8 Å². The van der Waals surface area contributed by atoms with E-state index in [0.717, 1.165) is 13.2 Å². The van der Waals surface area contributed by atoms with E-state index < -0.39 is 43.8 Å². The van der Waals surface area contributed by atoms with Gasteiger partial charge in [-0.3, -0.25) is 10.3 Å². The highest BCUT2D eigenvalue weighted by Crippen LogP contribution is 2.38. The van der Waals surface area contributed by atoms with Crippen LogP contribution in [0.25, 0.3) is 0 Å². The van der Waals surface area contributed by atoms with Gasteiger partial charge in [0.1, 0.15) is 21.9 Å². The van der Waals surface area contributed by atoms with Crippen molar-refractivity contribution in [2.24, 2.45) is 4.99 Å². The molecule has 0 saturated carbocycles. The van der Waals surface area contributed by atoms with Gasteiger partial charge in [0, 0.05) is 5.56 Å². The summed E-state index contributed by atoms with van der Waals surface area (Å²) in [5.41, 5.74) is -1.62. The van der Waals surface area contributed by atoms with E-state index >= 15 is 0 Å². The molecule has 1 heterocycles. The van der Waals surface area contributed by atoms with Gasteiger partial charge in [-0.15, -0.1) is 0 Å². The number of esters is 1. The van der Waals surface area contributed by atoms with Gasteiger partial charge in [-0.1, -0.05) is 0 Å². The first-order chi connectivity index (χ1) is 12.4. The van der Waals surface area contributed by atoms with Gasteiger partial charge in [-0.2, -0.15) is 0 Å². The Morgan fingerprint density at radius 3 is 2.37 bits per heavy atom. The lowest BCUT2D eigenvalue weighted by Crippen LogP contribution is -2.57. The van der Waals surface area contributed by atoms with Crippen molar-refractivity contribution >= 4 is 27.7 Å². The van der Waals surface area contributed by atoms with Crippen molar-refractivity contribution in [1.29, 1.82) is 0 Å². The van der Waals surface area contributed by atoms with Gasteiger partial charge in [-0.25, -0.2) is 22.4 Å². The fourth-order valence-electron chi connectivity index (χ4n) is 2.76.